The number of benzene rings is 4. The third-order valence-electron chi connectivity index (χ3n) is 5.16. The summed E-state index contributed by atoms with van der Waals surface area (Å²) in [6.07, 6.45) is 2.29. The van der Waals surface area contributed by atoms with E-state index in [4.69, 9.17) is 0 Å². The van der Waals surface area contributed by atoms with Gasteiger partial charge in [0.25, 0.3) is 0 Å². The molecule has 0 unspecified atom stereocenters. The molecule has 0 aliphatic heterocycles. The summed E-state index contributed by atoms with van der Waals surface area (Å²) in [4.78, 5) is 3.68. The van der Waals surface area contributed by atoms with E-state index in [-0.39, 0.29) is 0 Å². The molecule has 4 rings (SSSR count). The first-order valence-electron chi connectivity index (χ1n) is 11.8. The monoisotopic (exact) mass is 616 g/mol. The molecule has 0 bridgehead atoms. The fraction of sp³-hybridized carbons (Fsp3) is 0.143. The predicted molar refractivity (Wildman–Crippen MR) is 166 cm³/mol. The highest BCUT2D eigenvalue weighted by molar-refractivity contribution is 8.00. The molecule has 0 saturated carbocycles. The molecule has 0 amide bonds. The van der Waals surface area contributed by atoms with Crippen LogP contribution in [0, 0.1) is 0 Å². The van der Waals surface area contributed by atoms with E-state index in [1.165, 1.54) is 23.5 Å². The van der Waals surface area contributed by atoms with Gasteiger partial charge in [-0.1, -0.05) is 72.1 Å². The first-order chi connectivity index (χ1) is 18.5. The minimum Gasteiger partial charge on any atom is -0.283 e. The lowest BCUT2D eigenvalue weighted by atomic mass is 10.2. The van der Waals surface area contributed by atoms with Crippen LogP contribution in [0.3, 0.4) is 0 Å². The third-order valence-corrected chi connectivity index (χ3v) is 9.58. The van der Waals surface area contributed by atoms with Crippen molar-refractivity contribution in [2.24, 2.45) is 0 Å². The fourth-order valence-corrected chi connectivity index (χ4v) is 7.59. The molecule has 11 heteroatoms. The van der Waals surface area contributed by atoms with Crippen LogP contribution in [-0.4, -0.2) is 29.3 Å². The van der Waals surface area contributed by atoms with E-state index in [1.54, 1.807) is 11.8 Å². The Kier molecular flexibility index (Phi) is 9.95. The lowest BCUT2D eigenvalue weighted by Crippen LogP contribution is -2.10. The molecule has 0 radical (unpaired) electrons. The highest BCUT2D eigenvalue weighted by atomic mass is 32.2. The molecule has 4 aromatic rings. The van der Waals surface area contributed by atoms with Crippen LogP contribution in [-0.2, 0) is 31.6 Å². The van der Waals surface area contributed by atoms with Gasteiger partial charge in [0.15, 0.2) is 0 Å². The summed E-state index contributed by atoms with van der Waals surface area (Å²) in [7, 11) is -6.89. The van der Waals surface area contributed by atoms with Gasteiger partial charge in [0.1, 0.15) is 0 Å². The number of sulfonamides is 2. The van der Waals surface area contributed by atoms with Crippen LogP contribution in [0.2, 0.25) is 0 Å². The molecule has 0 heterocycles. The van der Waals surface area contributed by atoms with Crippen molar-refractivity contribution < 1.29 is 16.8 Å². The van der Waals surface area contributed by atoms with Gasteiger partial charge in [0.05, 0.1) is 23.9 Å². The van der Waals surface area contributed by atoms with Gasteiger partial charge < -0.3 is 0 Å². The normalized spacial score (nSPS) is 11.7. The van der Waals surface area contributed by atoms with Gasteiger partial charge in [-0.3, -0.25) is 9.44 Å². The zero-order valence-corrected chi connectivity index (χ0v) is 25.4. The van der Waals surface area contributed by atoms with Crippen LogP contribution in [0.1, 0.15) is 11.1 Å². The molecule has 0 spiro atoms. The van der Waals surface area contributed by atoms with Crippen LogP contribution in [0.25, 0.3) is 0 Å². The van der Waals surface area contributed by atoms with E-state index in [2.05, 4.69) is 9.44 Å². The minimum atomic E-state index is -3.45. The van der Waals surface area contributed by atoms with Crippen molar-refractivity contribution in [1.82, 2.24) is 0 Å². The summed E-state index contributed by atoms with van der Waals surface area (Å²) in [5.74, 6) is 1.31. The van der Waals surface area contributed by atoms with E-state index < -0.39 is 20.0 Å². The highest BCUT2D eigenvalue weighted by Crippen LogP contribution is 2.37. The van der Waals surface area contributed by atoms with Crippen LogP contribution in [0.4, 0.5) is 11.4 Å². The Morgan fingerprint density at radius 2 is 0.949 bits per heavy atom. The number of thioether (sulfide) groups is 1. The first-order valence-corrected chi connectivity index (χ1v) is 18.4. The van der Waals surface area contributed by atoms with Gasteiger partial charge in [-0.25, -0.2) is 16.8 Å². The molecule has 0 fully saturated rings. The Hall–Kier alpha value is -2.57. The van der Waals surface area contributed by atoms with E-state index in [1.807, 2.05) is 97.1 Å². The smallest absolute Gasteiger partial charge is 0.229 e. The van der Waals surface area contributed by atoms with Crippen LogP contribution >= 0.6 is 35.3 Å². The first kappa shape index (κ1) is 29.4. The van der Waals surface area contributed by atoms with Gasteiger partial charge >= 0.3 is 0 Å². The molecular weight excluding hydrogens is 589 g/mol. The van der Waals surface area contributed by atoms with E-state index >= 15 is 0 Å². The SMILES string of the molecule is CS(=O)(=O)Nc1cc(CSCc2ccc(Sc3ccccc3)c(NS(C)(=O)=O)c2)ccc1Sc1ccccc1. The maximum atomic E-state index is 12.0. The largest absolute Gasteiger partial charge is 0.283 e. The molecule has 0 atom stereocenters. The Labute approximate surface area is 243 Å². The average Bonchev–Trinajstić information content (AvgIpc) is 2.86. The zero-order chi connectivity index (χ0) is 27.9. The Bertz CT molecular complexity index is 1510. The number of nitrogens with one attached hydrogen (secondary N) is 2. The van der Waals surface area contributed by atoms with Gasteiger partial charge in [-0.05, 0) is 59.7 Å². The molecule has 39 heavy (non-hydrogen) atoms. The van der Waals surface area contributed by atoms with Gasteiger partial charge in [-0.2, -0.15) is 11.8 Å². The maximum absolute atomic E-state index is 12.0. The Balaban J connectivity index is 1.48. The average molecular weight is 617 g/mol. The summed E-state index contributed by atoms with van der Waals surface area (Å²) in [5, 5.41) is 0. The minimum absolute atomic E-state index is 0.548. The lowest BCUT2D eigenvalue weighted by Gasteiger charge is -2.14. The van der Waals surface area contributed by atoms with E-state index in [9.17, 15) is 16.8 Å². The lowest BCUT2D eigenvalue weighted by molar-refractivity contribution is 0.605. The second kappa shape index (κ2) is 13.2. The van der Waals surface area contributed by atoms with E-state index in [0.29, 0.717) is 22.9 Å². The summed E-state index contributed by atoms with van der Waals surface area (Å²) < 4.78 is 53.4. The van der Waals surface area contributed by atoms with Crippen LogP contribution < -0.4 is 9.44 Å². The van der Waals surface area contributed by atoms with Crippen molar-refractivity contribution in [3.8, 4) is 0 Å². The Morgan fingerprint density at radius 3 is 1.31 bits per heavy atom. The van der Waals surface area contributed by atoms with Crippen molar-refractivity contribution >= 4 is 66.7 Å². The van der Waals surface area contributed by atoms with Crippen LogP contribution in [0.15, 0.2) is 117 Å². The van der Waals surface area contributed by atoms with Crippen LogP contribution in [0.5, 0.6) is 0 Å². The summed E-state index contributed by atoms with van der Waals surface area (Å²) >= 11 is 4.67. The quantitative estimate of drug-likeness (QED) is 0.174. The number of hydrogen-bond donors (Lipinski definition) is 2. The molecule has 0 aromatic heterocycles. The van der Waals surface area contributed by atoms with Crippen molar-refractivity contribution in [2.45, 2.75) is 31.1 Å². The second-order valence-corrected chi connectivity index (χ2v) is 15.4. The molecule has 2 N–H and O–H groups in total. The number of anilines is 2. The van der Waals surface area contributed by atoms with Gasteiger partial charge in [0.2, 0.25) is 20.0 Å². The van der Waals surface area contributed by atoms with Crippen molar-refractivity contribution in [3.05, 3.63) is 108 Å². The molecule has 4 aromatic carbocycles. The highest BCUT2D eigenvalue weighted by Gasteiger charge is 2.13. The molecule has 0 aliphatic carbocycles. The molecule has 0 aliphatic rings. The zero-order valence-electron chi connectivity index (χ0n) is 21.3. The van der Waals surface area contributed by atoms with Crippen molar-refractivity contribution in [3.63, 3.8) is 0 Å². The van der Waals surface area contributed by atoms with Crippen molar-refractivity contribution in [1.29, 1.82) is 0 Å². The summed E-state index contributed by atoms with van der Waals surface area (Å²) in [6.45, 7) is 0. The summed E-state index contributed by atoms with van der Waals surface area (Å²) in [5.41, 5.74) is 3.06. The Morgan fingerprint density at radius 1 is 0.564 bits per heavy atom. The number of hydrogen-bond acceptors (Lipinski definition) is 7. The second-order valence-electron chi connectivity index (χ2n) is 8.73. The van der Waals surface area contributed by atoms with Gasteiger partial charge in [-0.15, -0.1) is 0 Å². The number of rotatable bonds is 12. The summed E-state index contributed by atoms with van der Waals surface area (Å²) in [6, 6.07) is 31.2. The fourth-order valence-electron chi connectivity index (χ4n) is 3.59. The molecular formula is C28H28N2O4S5. The van der Waals surface area contributed by atoms with Crippen molar-refractivity contribution in [2.75, 3.05) is 22.0 Å². The molecule has 204 valence electrons. The maximum Gasteiger partial charge on any atom is 0.229 e. The van der Waals surface area contributed by atoms with Gasteiger partial charge in [0, 0.05) is 31.1 Å². The van der Waals surface area contributed by atoms with E-state index in [0.717, 1.165) is 43.2 Å². The predicted octanol–water partition coefficient (Wildman–Crippen LogP) is 7.17. The third kappa shape index (κ3) is 9.84. The standard InChI is InChI=1S/C28H28N2O4S5/c1-38(31,32)29-25-17-21(13-15-27(25)36-23-9-5-3-6-10-23)19-35-20-22-14-16-28(26(18-22)30-39(2,33)34)37-24-11-7-4-8-12-24/h3-18,29-30H,19-20H2,1-2H3. The molecule has 6 nitrogen and oxygen atoms in total. The topological polar surface area (TPSA) is 92.3 Å². The molecule has 0 saturated heterocycles.